The Hall–Kier alpha value is -1.47. The zero-order valence-electron chi connectivity index (χ0n) is 9.45. The van der Waals surface area contributed by atoms with E-state index in [-0.39, 0.29) is 23.0 Å². The number of anilines is 1. The molecule has 2 atom stereocenters. The number of aromatic nitrogens is 2. The number of fused-ring (bicyclic) bond motifs is 2. The van der Waals surface area contributed by atoms with Gasteiger partial charge in [0.15, 0.2) is 0 Å². The van der Waals surface area contributed by atoms with Crippen LogP contribution in [0, 0.1) is 10.1 Å². The molecule has 0 amide bonds. The van der Waals surface area contributed by atoms with E-state index in [1.165, 1.54) is 6.33 Å². The molecule has 2 fully saturated rings. The summed E-state index contributed by atoms with van der Waals surface area (Å²) < 4.78 is 5.69. The molecule has 2 saturated heterocycles. The second-order valence-electron chi connectivity index (χ2n) is 4.46. The SMILES string of the molecule is O=[N+]([O-])c1c(Cl)ncnc1N1CC2CCC(C1)O2. The maximum atomic E-state index is 11.0. The molecule has 18 heavy (non-hydrogen) atoms. The van der Waals surface area contributed by atoms with Crippen LogP contribution < -0.4 is 4.90 Å². The molecule has 1 aromatic heterocycles. The van der Waals surface area contributed by atoms with E-state index in [4.69, 9.17) is 16.3 Å². The van der Waals surface area contributed by atoms with Crippen molar-refractivity contribution in [3.05, 3.63) is 21.6 Å². The third kappa shape index (κ3) is 1.89. The Morgan fingerprint density at radius 1 is 1.39 bits per heavy atom. The van der Waals surface area contributed by atoms with E-state index in [2.05, 4.69) is 9.97 Å². The van der Waals surface area contributed by atoms with Crippen LogP contribution in [0.15, 0.2) is 6.33 Å². The van der Waals surface area contributed by atoms with Gasteiger partial charge in [-0.25, -0.2) is 9.97 Å². The fourth-order valence-corrected chi connectivity index (χ4v) is 2.72. The van der Waals surface area contributed by atoms with Crippen molar-refractivity contribution in [2.24, 2.45) is 0 Å². The summed E-state index contributed by atoms with van der Waals surface area (Å²) in [5.41, 5.74) is -0.222. The van der Waals surface area contributed by atoms with Crippen LogP contribution in [0.1, 0.15) is 12.8 Å². The van der Waals surface area contributed by atoms with Gasteiger partial charge in [-0.3, -0.25) is 10.1 Å². The van der Waals surface area contributed by atoms with Gasteiger partial charge >= 0.3 is 5.69 Å². The number of nitrogens with zero attached hydrogens (tertiary/aromatic N) is 4. The normalized spacial score (nSPS) is 26.4. The van der Waals surface area contributed by atoms with Crippen LogP contribution >= 0.6 is 11.6 Å². The van der Waals surface area contributed by atoms with E-state index in [1.807, 2.05) is 4.90 Å². The molecule has 0 aromatic carbocycles. The summed E-state index contributed by atoms with van der Waals surface area (Å²) >= 11 is 5.78. The molecule has 2 bridgehead atoms. The van der Waals surface area contributed by atoms with Crippen molar-refractivity contribution in [3.63, 3.8) is 0 Å². The number of hydrogen-bond donors (Lipinski definition) is 0. The van der Waals surface area contributed by atoms with Crippen molar-refractivity contribution < 1.29 is 9.66 Å². The molecule has 3 heterocycles. The highest BCUT2D eigenvalue weighted by Gasteiger charge is 2.37. The molecular formula is C10H11ClN4O3. The van der Waals surface area contributed by atoms with Crippen LogP contribution in [-0.4, -0.2) is 40.2 Å². The summed E-state index contributed by atoms with van der Waals surface area (Å²) in [4.78, 5) is 20.1. The number of rotatable bonds is 2. The van der Waals surface area contributed by atoms with Crippen LogP contribution in [0.3, 0.4) is 0 Å². The van der Waals surface area contributed by atoms with Crippen molar-refractivity contribution in [1.29, 1.82) is 0 Å². The second kappa shape index (κ2) is 4.33. The molecule has 2 unspecified atom stereocenters. The summed E-state index contributed by atoms with van der Waals surface area (Å²) in [5.74, 6) is 0.292. The summed E-state index contributed by atoms with van der Waals surface area (Å²) in [6, 6.07) is 0. The Balaban J connectivity index is 1.97. The first-order chi connectivity index (χ1) is 8.65. The number of nitro groups is 1. The topological polar surface area (TPSA) is 81.4 Å². The highest BCUT2D eigenvalue weighted by atomic mass is 35.5. The van der Waals surface area contributed by atoms with Crippen LogP contribution in [-0.2, 0) is 4.74 Å². The van der Waals surface area contributed by atoms with Crippen LogP contribution in [0.4, 0.5) is 11.5 Å². The number of halogens is 1. The van der Waals surface area contributed by atoms with Gasteiger partial charge in [-0.2, -0.15) is 0 Å². The molecule has 0 saturated carbocycles. The molecule has 0 radical (unpaired) electrons. The molecular weight excluding hydrogens is 260 g/mol. The Kier molecular flexibility index (Phi) is 2.79. The Morgan fingerprint density at radius 2 is 2.06 bits per heavy atom. The van der Waals surface area contributed by atoms with E-state index < -0.39 is 4.92 Å². The second-order valence-corrected chi connectivity index (χ2v) is 4.81. The van der Waals surface area contributed by atoms with Gasteiger partial charge in [0.1, 0.15) is 6.33 Å². The van der Waals surface area contributed by atoms with Crippen molar-refractivity contribution in [2.45, 2.75) is 25.0 Å². The minimum atomic E-state index is -0.533. The Bertz CT molecular complexity index is 486. The quantitative estimate of drug-likeness (QED) is 0.459. The fraction of sp³-hybridized carbons (Fsp3) is 0.600. The average Bonchev–Trinajstić information content (AvgIpc) is 2.67. The summed E-state index contributed by atoms with van der Waals surface area (Å²) in [6.07, 6.45) is 3.51. The molecule has 8 heteroatoms. The summed E-state index contributed by atoms with van der Waals surface area (Å²) in [7, 11) is 0. The molecule has 0 spiro atoms. The standard InChI is InChI=1S/C10H11ClN4O3/c11-9-8(15(16)17)10(13-5-12-9)14-3-6-1-2-7(4-14)18-6/h5-7H,1-4H2. The van der Waals surface area contributed by atoms with Gasteiger partial charge in [-0.05, 0) is 12.8 Å². The number of morpholine rings is 1. The van der Waals surface area contributed by atoms with Crippen LogP contribution in [0.5, 0.6) is 0 Å². The third-order valence-corrected chi connectivity index (χ3v) is 3.56. The van der Waals surface area contributed by atoms with Gasteiger partial charge < -0.3 is 9.64 Å². The monoisotopic (exact) mass is 270 g/mol. The first-order valence-electron chi connectivity index (χ1n) is 5.70. The minimum Gasteiger partial charge on any atom is -0.371 e. The molecule has 1 aromatic rings. The Morgan fingerprint density at radius 3 is 2.67 bits per heavy atom. The van der Waals surface area contributed by atoms with Gasteiger partial charge in [0.05, 0.1) is 17.1 Å². The number of hydrogen-bond acceptors (Lipinski definition) is 6. The largest absolute Gasteiger partial charge is 0.371 e. The van der Waals surface area contributed by atoms with E-state index >= 15 is 0 Å². The lowest BCUT2D eigenvalue weighted by Gasteiger charge is -2.32. The zero-order valence-corrected chi connectivity index (χ0v) is 10.2. The average molecular weight is 271 g/mol. The fourth-order valence-electron chi connectivity index (χ4n) is 2.52. The van der Waals surface area contributed by atoms with Gasteiger partial charge in [0, 0.05) is 13.1 Å². The number of ether oxygens (including phenoxy) is 1. The highest BCUT2D eigenvalue weighted by Crippen LogP contribution is 2.35. The van der Waals surface area contributed by atoms with E-state index in [9.17, 15) is 10.1 Å². The maximum Gasteiger partial charge on any atom is 0.348 e. The maximum absolute atomic E-state index is 11.0. The predicted octanol–water partition coefficient (Wildman–Crippen LogP) is 1.41. The molecule has 2 aliphatic rings. The Labute approximate surface area is 108 Å². The molecule has 3 rings (SSSR count). The summed E-state index contributed by atoms with van der Waals surface area (Å²) in [6.45, 7) is 1.23. The van der Waals surface area contributed by atoms with Crippen LogP contribution in [0.25, 0.3) is 0 Å². The van der Waals surface area contributed by atoms with Gasteiger partial charge in [-0.15, -0.1) is 0 Å². The molecule has 0 aliphatic carbocycles. The lowest BCUT2D eigenvalue weighted by atomic mass is 10.2. The zero-order chi connectivity index (χ0) is 12.7. The van der Waals surface area contributed by atoms with Crippen molar-refractivity contribution >= 4 is 23.1 Å². The molecule has 0 N–H and O–H groups in total. The summed E-state index contributed by atoms with van der Waals surface area (Å²) in [5, 5.41) is 10.9. The van der Waals surface area contributed by atoms with Gasteiger partial charge in [0.25, 0.3) is 0 Å². The van der Waals surface area contributed by atoms with E-state index in [1.54, 1.807) is 0 Å². The lowest BCUT2D eigenvalue weighted by molar-refractivity contribution is -0.384. The van der Waals surface area contributed by atoms with Crippen LogP contribution in [0.2, 0.25) is 5.15 Å². The molecule has 2 aliphatic heterocycles. The first-order valence-corrected chi connectivity index (χ1v) is 6.08. The minimum absolute atomic E-state index is 0.121. The van der Waals surface area contributed by atoms with Crippen molar-refractivity contribution in [2.75, 3.05) is 18.0 Å². The lowest BCUT2D eigenvalue weighted by Crippen LogP contribution is -2.43. The predicted molar refractivity (Wildman–Crippen MR) is 63.8 cm³/mol. The first kappa shape index (κ1) is 11.6. The van der Waals surface area contributed by atoms with Crippen molar-refractivity contribution in [1.82, 2.24) is 9.97 Å². The van der Waals surface area contributed by atoms with E-state index in [0.29, 0.717) is 18.9 Å². The molecule has 7 nitrogen and oxygen atoms in total. The van der Waals surface area contributed by atoms with Gasteiger partial charge in [0.2, 0.25) is 11.0 Å². The van der Waals surface area contributed by atoms with Gasteiger partial charge in [-0.1, -0.05) is 11.6 Å². The molecule has 96 valence electrons. The third-order valence-electron chi connectivity index (χ3n) is 3.28. The van der Waals surface area contributed by atoms with E-state index in [0.717, 1.165) is 12.8 Å². The highest BCUT2D eigenvalue weighted by molar-refractivity contribution is 6.31. The van der Waals surface area contributed by atoms with Crippen molar-refractivity contribution in [3.8, 4) is 0 Å². The smallest absolute Gasteiger partial charge is 0.348 e.